The molecule has 0 saturated heterocycles. The zero-order valence-corrected chi connectivity index (χ0v) is 10.0. The molecule has 0 spiro atoms. The van der Waals surface area contributed by atoms with E-state index < -0.39 is 0 Å². The Hall–Kier alpha value is 0.0500. The van der Waals surface area contributed by atoms with Crippen LogP contribution in [0.25, 0.3) is 0 Å². The molecule has 0 aromatic heterocycles. The first-order valence-electron chi connectivity index (χ1n) is 5.83. The van der Waals surface area contributed by atoms with Crippen LogP contribution in [0.2, 0.25) is 0 Å². The van der Waals surface area contributed by atoms with Gasteiger partial charge < -0.3 is 5.11 Å². The lowest BCUT2D eigenvalue weighted by molar-refractivity contribution is 0.325. The Morgan fingerprint density at radius 1 is 1.21 bits per heavy atom. The predicted molar refractivity (Wildman–Crippen MR) is 64.6 cm³/mol. The van der Waals surface area contributed by atoms with Gasteiger partial charge in [-0.15, -0.1) is 11.8 Å². The summed E-state index contributed by atoms with van der Waals surface area (Å²) in [6.07, 6.45) is 8.84. The average Bonchev–Trinajstić information content (AvgIpc) is 2.43. The van der Waals surface area contributed by atoms with Crippen molar-refractivity contribution in [2.45, 2.75) is 51.9 Å². The molecule has 0 unspecified atom stereocenters. The summed E-state index contributed by atoms with van der Waals surface area (Å²) < 4.78 is 0. The van der Waals surface area contributed by atoms with Gasteiger partial charge in [0.25, 0.3) is 0 Å². The van der Waals surface area contributed by atoms with Crippen LogP contribution in [0.15, 0.2) is 10.5 Å². The minimum atomic E-state index is 0.286. The number of hydrogen-bond acceptors (Lipinski definition) is 2. The Morgan fingerprint density at radius 2 is 2.00 bits per heavy atom. The highest BCUT2D eigenvalue weighted by Crippen LogP contribution is 2.31. The Balaban J connectivity index is 2.44. The van der Waals surface area contributed by atoms with Gasteiger partial charge >= 0.3 is 0 Å². The first-order chi connectivity index (χ1) is 6.88. The second-order valence-corrected chi connectivity index (χ2v) is 5.14. The lowest BCUT2D eigenvalue weighted by Crippen LogP contribution is -1.94. The number of aliphatic hydroxyl groups excluding tert-OH is 1. The predicted octanol–water partition coefficient (Wildman–Crippen LogP) is 3.73. The number of rotatable bonds is 5. The number of allylic oxidation sites excluding steroid dienone is 1. The molecule has 0 aromatic rings. The van der Waals surface area contributed by atoms with Gasteiger partial charge in [-0.25, -0.2) is 0 Å². The summed E-state index contributed by atoms with van der Waals surface area (Å²) in [6.45, 7) is 2.52. The summed E-state index contributed by atoms with van der Waals surface area (Å²) in [5, 5.41) is 9.27. The van der Waals surface area contributed by atoms with E-state index in [0.717, 1.165) is 6.42 Å². The van der Waals surface area contributed by atoms with Crippen molar-refractivity contribution in [3.8, 4) is 0 Å². The summed E-state index contributed by atoms with van der Waals surface area (Å²) in [5.74, 6) is 1.23. The Morgan fingerprint density at radius 3 is 2.71 bits per heavy atom. The van der Waals surface area contributed by atoms with E-state index in [0.29, 0.717) is 0 Å². The third-order valence-corrected chi connectivity index (χ3v) is 4.08. The molecule has 1 N–H and O–H groups in total. The summed E-state index contributed by atoms with van der Waals surface area (Å²) in [5.41, 5.74) is 1.32. The SMILES string of the molecule is CCCCSC1=C(CO)CCCCC1. The third kappa shape index (κ3) is 4.05. The molecule has 0 radical (unpaired) electrons. The van der Waals surface area contributed by atoms with Crippen molar-refractivity contribution in [3.05, 3.63) is 10.5 Å². The maximum Gasteiger partial charge on any atom is 0.0652 e. The fourth-order valence-electron chi connectivity index (χ4n) is 1.80. The van der Waals surface area contributed by atoms with Gasteiger partial charge in [0.15, 0.2) is 0 Å². The van der Waals surface area contributed by atoms with E-state index in [1.807, 2.05) is 11.8 Å². The van der Waals surface area contributed by atoms with Crippen LogP contribution in [0, 0.1) is 0 Å². The minimum absolute atomic E-state index is 0.286. The molecule has 0 heterocycles. The fourth-order valence-corrected chi connectivity index (χ4v) is 3.14. The van der Waals surface area contributed by atoms with E-state index in [9.17, 15) is 5.11 Å². The monoisotopic (exact) mass is 214 g/mol. The molecule has 82 valence electrons. The van der Waals surface area contributed by atoms with Crippen LogP contribution in [0.4, 0.5) is 0 Å². The van der Waals surface area contributed by atoms with E-state index in [1.54, 1.807) is 0 Å². The van der Waals surface area contributed by atoms with Gasteiger partial charge in [0, 0.05) is 0 Å². The van der Waals surface area contributed by atoms with Crippen LogP contribution in [-0.2, 0) is 0 Å². The molecule has 1 aliphatic carbocycles. The van der Waals surface area contributed by atoms with Crippen molar-refractivity contribution in [1.82, 2.24) is 0 Å². The molecule has 0 atom stereocenters. The molecule has 1 rings (SSSR count). The second-order valence-electron chi connectivity index (χ2n) is 3.95. The number of hydrogen-bond donors (Lipinski definition) is 1. The van der Waals surface area contributed by atoms with Gasteiger partial charge in [-0.2, -0.15) is 0 Å². The van der Waals surface area contributed by atoms with Gasteiger partial charge in [0.1, 0.15) is 0 Å². The topological polar surface area (TPSA) is 20.2 Å². The van der Waals surface area contributed by atoms with Crippen LogP contribution < -0.4 is 0 Å². The van der Waals surface area contributed by atoms with E-state index in [4.69, 9.17) is 0 Å². The van der Waals surface area contributed by atoms with Crippen molar-refractivity contribution in [3.63, 3.8) is 0 Å². The van der Waals surface area contributed by atoms with Crippen LogP contribution >= 0.6 is 11.8 Å². The number of thioether (sulfide) groups is 1. The fraction of sp³-hybridized carbons (Fsp3) is 0.833. The van der Waals surface area contributed by atoms with Gasteiger partial charge in [-0.05, 0) is 48.3 Å². The molecule has 0 aliphatic heterocycles. The van der Waals surface area contributed by atoms with Crippen molar-refractivity contribution in [2.24, 2.45) is 0 Å². The molecular formula is C12H22OS. The maximum absolute atomic E-state index is 9.27. The van der Waals surface area contributed by atoms with Crippen molar-refractivity contribution >= 4 is 11.8 Å². The van der Waals surface area contributed by atoms with E-state index in [-0.39, 0.29) is 6.61 Å². The van der Waals surface area contributed by atoms with Crippen molar-refractivity contribution < 1.29 is 5.11 Å². The van der Waals surface area contributed by atoms with E-state index >= 15 is 0 Å². The molecule has 0 amide bonds. The molecule has 0 fully saturated rings. The quantitative estimate of drug-likeness (QED) is 0.704. The summed E-state index contributed by atoms with van der Waals surface area (Å²) >= 11 is 1.99. The molecule has 2 heteroatoms. The molecule has 0 aromatic carbocycles. The molecule has 14 heavy (non-hydrogen) atoms. The average molecular weight is 214 g/mol. The summed E-state index contributed by atoms with van der Waals surface area (Å²) in [7, 11) is 0. The number of aliphatic hydroxyl groups is 1. The van der Waals surface area contributed by atoms with Crippen LogP contribution in [-0.4, -0.2) is 17.5 Å². The normalized spacial score (nSPS) is 18.4. The van der Waals surface area contributed by atoms with Gasteiger partial charge in [0.05, 0.1) is 6.61 Å². The second kappa shape index (κ2) is 7.36. The van der Waals surface area contributed by atoms with E-state index in [2.05, 4.69) is 6.92 Å². The highest BCUT2D eigenvalue weighted by atomic mass is 32.2. The van der Waals surface area contributed by atoms with Crippen LogP contribution in [0.3, 0.4) is 0 Å². The first kappa shape index (κ1) is 12.1. The first-order valence-corrected chi connectivity index (χ1v) is 6.81. The Labute approximate surface area is 92.0 Å². The van der Waals surface area contributed by atoms with Crippen LogP contribution in [0.1, 0.15) is 51.9 Å². The lowest BCUT2D eigenvalue weighted by atomic mass is 10.1. The molecule has 0 bridgehead atoms. The highest BCUT2D eigenvalue weighted by Gasteiger charge is 2.10. The van der Waals surface area contributed by atoms with Gasteiger partial charge in [-0.1, -0.05) is 19.8 Å². The smallest absolute Gasteiger partial charge is 0.0652 e. The van der Waals surface area contributed by atoms with Crippen LogP contribution in [0.5, 0.6) is 0 Å². The maximum atomic E-state index is 9.27. The van der Waals surface area contributed by atoms with Crippen molar-refractivity contribution in [2.75, 3.05) is 12.4 Å². The molecule has 0 saturated carbocycles. The van der Waals surface area contributed by atoms with Gasteiger partial charge in [-0.3, -0.25) is 0 Å². The van der Waals surface area contributed by atoms with Gasteiger partial charge in [0.2, 0.25) is 0 Å². The molecule has 1 aliphatic rings. The minimum Gasteiger partial charge on any atom is -0.392 e. The molecular weight excluding hydrogens is 192 g/mol. The zero-order valence-electron chi connectivity index (χ0n) is 9.22. The molecule has 1 nitrogen and oxygen atoms in total. The zero-order chi connectivity index (χ0) is 10.2. The highest BCUT2D eigenvalue weighted by molar-refractivity contribution is 8.03. The number of unbranched alkanes of at least 4 members (excludes halogenated alkanes) is 1. The standard InChI is InChI=1S/C12H22OS/c1-2-3-9-14-12-8-6-4-5-7-11(12)10-13/h13H,2-10H2,1H3. The largest absolute Gasteiger partial charge is 0.392 e. The summed E-state index contributed by atoms with van der Waals surface area (Å²) in [4.78, 5) is 1.50. The van der Waals surface area contributed by atoms with E-state index in [1.165, 1.54) is 54.8 Å². The lowest BCUT2D eigenvalue weighted by Gasteiger charge is -2.09. The third-order valence-electron chi connectivity index (χ3n) is 2.74. The summed E-state index contributed by atoms with van der Waals surface area (Å²) in [6, 6.07) is 0. The Kier molecular flexibility index (Phi) is 6.37. The Bertz CT molecular complexity index is 187. The van der Waals surface area contributed by atoms with Crippen molar-refractivity contribution in [1.29, 1.82) is 0 Å².